The van der Waals surface area contributed by atoms with Gasteiger partial charge in [-0.2, -0.15) is 0 Å². The average molecular weight is 807 g/mol. The van der Waals surface area contributed by atoms with Crippen molar-refractivity contribution in [2.75, 3.05) is 54.6 Å². The molecule has 4 unspecified atom stereocenters. The van der Waals surface area contributed by atoms with Gasteiger partial charge in [0.25, 0.3) is 5.69 Å². The van der Waals surface area contributed by atoms with Gasteiger partial charge in [-0.1, -0.05) is 44.9 Å². The van der Waals surface area contributed by atoms with E-state index in [0.29, 0.717) is 49.3 Å². The Balaban J connectivity index is 1.30. The Hall–Kier alpha value is -4.66. The third kappa shape index (κ3) is 9.78. The summed E-state index contributed by atoms with van der Waals surface area (Å²) in [6.45, 7) is 8.69. The maximum atomic E-state index is 14.3. The van der Waals surface area contributed by atoms with Crippen LogP contribution in [0, 0.1) is 21.8 Å². The molecule has 316 valence electrons. The lowest BCUT2D eigenvalue weighted by Gasteiger charge is -2.48. The molecule has 3 aliphatic rings. The van der Waals surface area contributed by atoms with Crippen LogP contribution in [-0.2, 0) is 39.8 Å². The van der Waals surface area contributed by atoms with Crippen molar-refractivity contribution in [1.82, 2.24) is 15.1 Å². The van der Waals surface area contributed by atoms with Gasteiger partial charge in [0, 0.05) is 68.1 Å². The Bertz CT molecular complexity index is 1910. The summed E-state index contributed by atoms with van der Waals surface area (Å²) in [5, 5.41) is 14.8. The second-order valence-corrected chi connectivity index (χ2v) is 16.3. The van der Waals surface area contributed by atoms with Crippen molar-refractivity contribution in [2.24, 2.45) is 5.92 Å². The third-order valence-corrected chi connectivity index (χ3v) is 12.3. The highest BCUT2D eigenvalue weighted by Crippen LogP contribution is 2.48. The van der Waals surface area contributed by atoms with E-state index in [4.69, 9.17) is 18.9 Å². The standard InChI is InChI=1S/C44H59FN4O9/c1-27(2)41-34-17-16-32(45)24-30(34)18-19-44(41,58-37(50)26-55-7)20-21-47(5)35-14-9-10-15-36(35)48(6)22-23-57-43(52)39-29(4)46-28(3)38(42(51)56-8)40(39)31-12-11-13-33(25-31)49(53)54/h11-13,16-17,24-25,27,35-36,40-41,46H,9-10,14-15,18-23,26H2,1-8H3/t35?,36?,40?,41?,44-/m0/s1. The van der Waals surface area contributed by atoms with Crippen molar-refractivity contribution in [3.05, 3.63) is 97.6 Å². The zero-order chi connectivity index (χ0) is 42.3. The number of nitrogens with one attached hydrogen (secondary N) is 1. The van der Waals surface area contributed by atoms with Gasteiger partial charge in [-0.15, -0.1) is 0 Å². The number of esters is 3. The van der Waals surface area contributed by atoms with E-state index in [9.17, 15) is 28.9 Å². The van der Waals surface area contributed by atoms with Gasteiger partial charge in [0.05, 0.1) is 29.1 Å². The number of hydrogen-bond donors (Lipinski definition) is 1. The fraction of sp³-hybridized carbons (Fsp3) is 0.568. The van der Waals surface area contributed by atoms with E-state index in [2.05, 4.69) is 36.0 Å². The molecule has 0 bridgehead atoms. The number of non-ortho nitro benzene ring substituents is 1. The Morgan fingerprint density at radius 2 is 1.62 bits per heavy atom. The Morgan fingerprint density at radius 1 is 0.966 bits per heavy atom. The van der Waals surface area contributed by atoms with Crippen molar-refractivity contribution >= 4 is 23.6 Å². The molecule has 13 nitrogen and oxygen atoms in total. The van der Waals surface area contributed by atoms with Crippen LogP contribution in [0.5, 0.6) is 0 Å². The molecule has 0 saturated heterocycles. The van der Waals surface area contributed by atoms with Crippen LogP contribution in [0.15, 0.2) is 65.0 Å². The number of methoxy groups -OCH3 is 2. The van der Waals surface area contributed by atoms with Crippen LogP contribution < -0.4 is 5.32 Å². The molecule has 0 radical (unpaired) electrons. The number of hydrogen-bond acceptors (Lipinski definition) is 12. The van der Waals surface area contributed by atoms with Gasteiger partial charge in [0.1, 0.15) is 24.6 Å². The molecule has 0 amide bonds. The number of carbonyl (C=O) groups excluding carboxylic acids is 3. The number of carbonyl (C=O) groups is 3. The maximum Gasteiger partial charge on any atom is 0.336 e. The predicted molar refractivity (Wildman–Crippen MR) is 216 cm³/mol. The number of rotatable bonds is 16. The molecule has 58 heavy (non-hydrogen) atoms. The molecular formula is C44H59FN4O9. The Morgan fingerprint density at radius 3 is 2.24 bits per heavy atom. The molecule has 2 aromatic rings. The lowest BCUT2D eigenvalue weighted by molar-refractivity contribution is -0.384. The zero-order valence-corrected chi connectivity index (χ0v) is 35.1. The number of ether oxygens (including phenoxy) is 4. The summed E-state index contributed by atoms with van der Waals surface area (Å²) in [5.41, 5.74) is 2.73. The molecule has 1 N–H and O–H groups in total. The number of nitro groups is 1. The van der Waals surface area contributed by atoms with E-state index in [0.717, 1.165) is 36.8 Å². The molecule has 5 atom stereocenters. The van der Waals surface area contributed by atoms with E-state index in [1.54, 1.807) is 26.0 Å². The number of fused-ring (bicyclic) bond motifs is 1. The van der Waals surface area contributed by atoms with Gasteiger partial charge >= 0.3 is 17.9 Å². The minimum atomic E-state index is -0.943. The Kier molecular flexibility index (Phi) is 14.9. The summed E-state index contributed by atoms with van der Waals surface area (Å²) in [6.07, 6.45) is 5.85. The number of nitrogens with zero attached hydrogens (tertiary/aromatic N) is 3. The van der Waals surface area contributed by atoms with Crippen LogP contribution in [0.2, 0.25) is 0 Å². The van der Waals surface area contributed by atoms with E-state index in [1.165, 1.54) is 38.5 Å². The normalized spacial score (nSPS) is 23.4. The molecule has 1 saturated carbocycles. The second kappa shape index (κ2) is 19.4. The first kappa shape index (κ1) is 44.4. The number of likely N-dealkylation sites (N-methyl/N-ethyl adjacent to an activating group) is 2. The fourth-order valence-corrected chi connectivity index (χ4v) is 9.64. The highest BCUT2D eigenvalue weighted by atomic mass is 19.1. The lowest BCUT2D eigenvalue weighted by Crippen LogP contribution is -2.54. The molecule has 2 aromatic carbocycles. The van der Waals surface area contributed by atoms with Gasteiger partial charge in [0.2, 0.25) is 0 Å². The smallest absolute Gasteiger partial charge is 0.336 e. The largest absolute Gasteiger partial charge is 0.466 e. The monoisotopic (exact) mass is 806 g/mol. The van der Waals surface area contributed by atoms with Crippen LogP contribution >= 0.6 is 0 Å². The maximum absolute atomic E-state index is 14.3. The fourth-order valence-electron chi connectivity index (χ4n) is 9.64. The Labute approximate surface area is 341 Å². The first-order valence-corrected chi connectivity index (χ1v) is 20.2. The lowest BCUT2D eigenvalue weighted by atomic mass is 9.65. The summed E-state index contributed by atoms with van der Waals surface area (Å²) in [4.78, 5) is 55.8. The molecule has 5 rings (SSSR count). The molecule has 0 spiro atoms. The van der Waals surface area contributed by atoms with Gasteiger partial charge in [-0.05, 0) is 88.4 Å². The van der Waals surface area contributed by atoms with Crippen molar-refractivity contribution in [2.45, 2.75) is 102 Å². The molecule has 1 heterocycles. The van der Waals surface area contributed by atoms with Crippen molar-refractivity contribution < 1.29 is 42.6 Å². The number of halogens is 1. The minimum Gasteiger partial charge on any atom is -0.466 e. The molecule has 1 aliphatic heterocycles. The first-order chi connectivity index (χ1) is 27.6. The second-order valence-electron chi connectivity index (χ2n) is 16.3. The van der Waals surface area contributed by atoms with Crippen LogP contribution in [0.1, 0.15) is 94.7 Å². The van der Waals surface area contributed by atoms with Gasteiger partial charge in [-0.25, -0.2) is 18.8 Å². The molecule has 14 heteroatoms. The topological polar surface area (TPSA) is 150 Å². The van der Waals surface area contributed by atoms with Crippen molar-refractivity contribution in [1.29, 1.82) is 0 Å². The van der Waals surface area contributed by atoms with E-state index in [-0.39, 0.29) is 59.8 Å². The first-order valence-electron chi connectivity index (χ1n) is 20.2. The number of aryl methyl sites for hydroxylation is 1. The van der Waals surface area contributed by atoms with Gasteiger partial charge < -0.3 is 29.2 Å². The minimum absolute atomic E-state index is 0.0750. The van der Waals surface area contributed by atoms with E-state index < -0.39 is 34.4 Å². The average Bonchev–Trinajstić information content (AvgIpc) is 3.19. The van der Waals surface area contributed by atoms with Crippen LogP contribution in [-0.4, -0.2) is 105 Å². The van der Waals surface area contributed by atoms with E-state index in [1.807, 2.05) is 13.1 Å². The van der Waals surface area contributed by atoms with Gasteiger partial charge in [-0.3, -0.25) is 15.0 Å². The number of benzene rings is 2. The quantitative estimate of drug-likeness (QED) is 0.0847. The molecular weight excluding hydrogens is 748 g/mol. The zero-order valence-electron chi connectivity index (χ0n) is 35.1. The van der Waals surface area contributed by atoms with Crippen molar-refractivity contribution in [3.8, 4) is 0 Å². The van der Waals surface area contributed by atoms with Crippen LogP contribution in [0.25, 0.3) is 0 Å². The highest BCUT2D eigenvalue weighted by Gasteiger charge is 2.48. The third-order valence-electron chi connectivity index (χ3n) is 12.3. The number of allylic oxidation sites excluding steroid dienone is 2. The summed E-state index contributed by atoms with van der Waals surface area (Å²) in [7, 11) is 6.87. The molecule has 0 aromatic heterocycles. The number of nitro benzene ring substituents is 1. The summed E-state index contributed by atoms with van der Waals surface area (Å²) in [6, 6.07) is 11.2. The van der Waals surface area contributed by atoms with Crippen LogP contribution in [0.3, 0.4) is 0 Å². The highest BCUT2D eigenvalue weighted by molar-refractivity contribution is 5.99. The van der Waals surface area contributed by atoms with E-state index >= 15 is 0 Å². The van der Waals surface area contributed by atoms with Gasteiger partial charge in [0.15, 0.2) is 0 Å². The summed E-state index contributed by atoms with van der Waals surface area (Å²) >= 11 is 0. The SMILES string of the molecule is COCC(=O)O[C@]1(CCN(C)C2CCCCC2N(C)CCOC(=O)C2=C(C)NC(C)=C(C(=O)OC)C2c2cccc([N+](=O)[O-])c2)CCc2cc(F)ccc2C1C(C)C. The molecule has 1 fully saturated rings. The predicted octanol–water partition coefficient (Wildman–Crippen LogP) is 6.56. The number of dihydropyridines is 1. The summed E-state index contributed by atoms with van der Waals surface area (Å²) < 4.78 is 36.9. The van der Waals surface area contributed by atoms with Crippen molar-refractivity contribution in [3.63, 3.8) is 0 Å². The summed E-state index contributed by atoms with van der Waals surface area (Å²) in [5.74, 6) is -2.91. The molecule has 2 aliphatic carbocycles. The van der Waals surface area contributed by atoms with Crippen LogP contribution in [0.4, 0.5) is 10.1 Å².